The third-order valence-corrected chi connectivity index (χ3v) is 2.77. The monoisotopic (exact) mass is 240 g/mol. The van der Waals surface area contributed by atoms with Crippen molar-refractivity contribution in [3.8, 4) is 0 Å². The van der Waals surface area contributed by atoms with Crippen molar-refractivity contribution in [2.45, 2.75) is 37.2 Å². The van der Waals surface area contributed by atoms with Gasteiger partial charge in [0.2, 0.25) is 0 Å². The average molecular weight is 241 g/mol. The molecule has 1 aliphatic carbocycles. The topological polar surface area (TPSA) is 35.5 Å². The average Bonchev–Trinajstić information content (AvgIpc) is 2.15. The van der Waals surface area contributed by atoms with Crippen LogP contribution in [0.25, 0.3) is 0 Å². The van der Waals surface area contributed by atoms with Gasteiger partial charge < -0.3 is 9.47 Å². The van der Waals surface area contributed by atoms with Crippen LogP contribution in [0.15, 0.2) is 0 Å². The van der Waals surface area contributed by atoms with Crippen LogP contribution in [0.3, 0.4) is 0 Å². The third kappa shape index (κ3) is 3.93. The standard InChI is InChI=1S/C9H14Cl2O3/c10-6-7-13-8(12)14-9(11)4-2-1-3-5-9/h1-7H2. The van der Waals surface area contributed by atoms with Gasteiger partial charge in [0.05, 0.1) is 5.88 Å². The van der Waals surface area contributed by atoms with Gasteiger partial charge in [0.1, 0.15) is 6.61 Å². The van der Waals surface area contributed by atoms with Gasteiger partial charge in [-0.15, -0.1) is 11.6 Å². The van der Waals surface area contributed by atoms with E-state index in [4.69, 9.17) is 27.9 Å². The number of hydrogen-bond acceptors (Lipinski definition) is 3. The molecule has 0 aliphatic heterocycles. The zero-order chi connectivity index (χ0) is 10.4. The summed E-state index contributed by atoms with van der Waals surface area (Å²) in [5.41, 5.74) is 0. The van der Waals surface area contributed by atoms with Gasteiger partial charge in [-0.25, -0.2) is 4.79 Å². The molecule has 0 aromatic carbocycles. The Hall–Kier alpha value is -0.150. The first-order chi connectivity index (χ1) is 6.66. The van der Waals surface area contributed by atoms with E-state index in [2.05, 4.69) is 4.74 Å². The van der Waals surface area contributed by atoms with Crippen molar-refractivity contribution < 1.29 is 14.3 Å². The third-order valence-electron chi connectivity index (χ3n) is 2.16. The van der Waals surface area contributed by atoms with Crippen LogP contribution in [0.1, 0.15) is 32.1 Å². The quantitative estimate of drug-likeness (QED) is 0.561. The number of alkyl halides is 2. The molecule has 1 aliphatic rings. The van der Waals surface area contributed by atoms with E-state index in [9.17, 15) is 4.79 Å². The lowest BCUT2D eigenvalue weighted by Crippen LogP contribution is -2.31. The summed E-state index contributed by atoms with van der Waals surface area (Å²) in [5.74, 6) is 0.268. The number of rotatable bonds is 3. The molecular formula is C9H14Cl2O3. The highest BCUT2D eigenvalue weighted by Gasteiger charge is 2.34. The summed E-state index contributed by atoms with van der Waals surface area (Å²) in [6, 6.07) is 0. The fourth-order valence-corrected chi connectivity index (χ4v) is 1.89. The van der Waals surface area contributed by atoms with E-state index in [1.54, 1.807) is 0 Å². The van der Waals surface area contributed by atoms with Crippen LogP contribution in [0.5, 0.6) is 0 Å². The van der Waals surface area contributed by atoms with Gasteiger partial charge >= 0.3 is 6.16 Å². The molecule has 0 radical (unpaired) electrons. The van der Waals surface area contributed by atoms with Gasteiger partial charge in [-0.3, -0.25) is 0 Å². The van der Waals surface area contributed by atoms with Crippen molar-refractivity contribution in [1.29, 1.82) is 0 Å². The minimum absolute atomic E-state index is 0.160. The molecule has 0 atom stereocenters. The van der Waals surface area contributed by atoms with E-state index in [1.165, 1.54) is 0 Å². The van der Waals surface area contributed by atoms with Crippen molar-refractivity contribution in [3.05, 3.63) is 0 Å². The molecule has 1 fully saturated rings. The number of halogens is 2. The Morgan fingerprint density at radius 1 is 1.29 bits per heavy atom. The van der Waals surface area contributed by atoms with Crippen LogP contribution in [0, 0.1) is 0 Å². The lowest BCUT2D eigenvalue weighted by Gasteiger charge is -2.29. The van der Waals surface area contributed by atoms with Crippen molar-refractivity contribution >= 4 is 29.4 Å². The molecule has 3 nitrogen and oxygen atoms in total. The van der Waals surface area contributed by atoms with Crippen LogP contribution in [0.4, 0.5) is 4.79 Å². The predicted octanol–water partition coefficient (Wildman–Crippen LogP) is 3.28. The number of carbonyl (C=O) groups is 1. The normalized spacial score (nSPS) is 20.1. The van der Waals surface area contributed by atoms with Crippen molar-refractivity contribution in [1.82, 2.24) is 0 Å². The molecule has 0 aromatic heterocycles. The molecular weight excluding hydrogens is 227 g/mol. The van der Waals surface area contributed by atoms with E-state index in [0.717, 1.165) is 19.3 Å². The van der Waals surface area contributed by atoms with Crippen LogP contribution in [-0.4, -0.2) is 23.7 Å². The molecule has 0 aromatic rings. The molecule has 0 unspecified atom stereocenters. The summed E-state index contributed by atoms with van der Waals surface area (Å²) in [5, 5.41) is -0.846. The van der Waals surface area contributed by atoms with Crippen molar-refractivity contribution in [2.24, 2.45) is 0 Å². The maximum Gasteiger partial charge on any atom is 0.510 e. The van der Waals surface area contributed by atoms with E-state index < -0.39 is 11.2 Å². The van der Waals surface area contributed by atoms with Crippen LogP contribution in [-0.2, 0) is 9.47 Å². The fourth-order valence-electron chi connectivity index (χ4n) is 1.48. The zero-order valence-corrected chi connectivity index (χ0v) is 9.44. The second-order valence-corrected chi connectivity index (χ2v) is 4.40. The highest BCUT2D eigenvalue weighted by Crippen LogP contribution is 2.35. The molecule has 82 valence electrons. The summed E-state index contributed by atoms with van der Waals surface area (Å²) in [6.07, 6.45) is 3.81. The minimum atomic E-state index is -0.846. The Kier molecular flexibility index (Phi) is 4.82. The second-order valence-electron chi connectivity index (χ2n) is 3.33. The van der Waals surface area contributed by atoms with Crippen LogP contribution < -0.4 is 0 Å². The first-order valence-corrected chi connectivity index (χ1v) is 5.68. The number of ether oxygens (including phenoxy) is 2. The van der Waals surface area contributed by atoms with Crippen molar-refractivity contribution in [3.63, 3.8) is 0 Å². The van der Waals surface area contributed by atoms with E-state index in [-0.39, 0.29) is 12.5 Å². The minimum Gasteiger partial charge on any atom is -0.433 e. The Bertz CT molecular complexity index is 190. The number of carbonyl (C=O) groups excluding carboxylic acids is 1. The van der Waals surface area contributed by atoms with Crippen molar-refractivity contribution in [2.75, 3.05) is 12.5 Å². The maximum absolute atomic E-state index is 11.1. The fraction of sp³-hybridized carbons (Fsp3) is 0.889. The van der Waals surface area contributed by atoms with Crippen LogP contribution >= 0.6 is 23.2 Å². The molecule has 0 spiro atoms. The molecule has 0 N–H and O–H groups in total. The molecule has 1 saturated carbocycles. The Morgan fingerprint density at radius 3 is 2.50 bits per heavy atom. The molecule has 1 rings (SSSR count). The lowest BCUT2D eigenvalue weighted by molar-refractivity contribution is -0.00675. The predicted molar refractivity (Wildman–Crippen MR) is 54.8 cm³/mol. The largest absolute Gasteiger partial charge is 0.510 e. The molecule has 5 heteroatoms. The van der Waals surface area contributed by atoms with Gasteiger partial charge in [0.25, 0.3) is 0 Å². The van der Waals surface area contributed by atoms with Gasteiger partial charge in [-0.05, 0) is 12.8 Å². The van der Waals surface area contributed by atoms with Gasteiger partial charge in [0, 0.05) is 12.8 Å². The summed E-state index contributed by atoms with van der Waals surface area (Å²) < 4.78 is 9.71. The van der Waals surface area contributed by atoms with Gasteiger partial charge in [-0.2, -0.15) is 0 Å². The molecule has 14 heavy (non-hydrogen) atoms. The maximum atomic E-state index is 11.1. The van der Waals surface area contributed by atoms with Gasteiger partial charge in [-0.1, -0.05) is 18.0 Å². The Morgan fingerprint density at radius 2 is 1.93 bits per heavy atom. The SMILES string of the molecule is O=C(OCCCl)OC1(Cl)CCCCC1. The first-order valence-electron chi connectivity index (χ1n) is 4.77. The zero-order valence-electron chi connectivity index (χ0n) is 7.93. The van der Waals surface area contributed by atoms with Crippen LogP contribution in [0.2, 0.25) is 0 Å². The van der Waals surface area contributed by atoms with E-state index in [0.29, 0.717) is 12.8 Å². The highest BCUT2D eigenvalue weighted by molar-refractivity contribution is 6.23. The smallest absolute Gasteiger partial charge is 0.433 e. The first kappa shape index (κ1) is 11.9. The second kappa shape index (κ2) is 5.66. The molecule has 0 bridgehead atoms. The number of hydrogen-bond donors (Lipinski definition) is 0. The van der Waals surface area contributed by atoms with E-state index in [1.807, 2.05) is 0 Å². The molecule has 0 heterocycles. The van der Waals surface area contributed by atoms with E-state index >= 15 is 0 Å². The summed E-state index contributed by atoms with van der Waals surface area (Å²) in [4.78, 5) is 11.1. The Balaban J connectivity index is 2.29. The summed E-state index contributed by atoms with van der Waals surface area (Å²) >= 11 is 11.5. The molecule has 0 saturated heterocycles. The van der Waals surface area contributed by atoms with Gasteiger partial charge in [0.15, 0.2) is 5.06 Å². The lowest BCUT2D eigenvalue weighted by atomic mass is 9.97. The molecule has 0 amide bonds. The summed E-state index contributed by atoms with van der Waals surface area (Å²) in [7, 11) is 0. The summed E-state index contributed by atoms with van der Waals surface area (Å²) in [6.45, 7) is 0.160. The Labute approximate surface area is 93.6 Å². The highest BCUT2D eigenvalue weighted by atomic mass is 35.5.